The van der Waals surface area contributed by atoms with Crippen molar-refractivity contribution in [3.8, 4) is 0 Å². The first-order valence-electron chi connectivity index (χ1n) is 4.25. The highest BCUT2D eigenvalue weighted by Crippen LogP contribution is 2.26. The molecule has 0 radical (unpaired) electrons. The fourth-order valence-corrected chi connectivity index (χ4v) is 1.26. The lowest BCUT2D eigenvalue weighted by molar-refractivity contribution is 1.17. The molecule has 3 nitrogen and oxygen atoms in total. The molecule has 0 atom stereocenters. The highest BCUT2D eigenvalue weighted by atomic mass is 79.9. The van der Waals surface area contributed by atoms with E-state index in [1.54, 1.807) is 6.20 Å². The number of rotatable bonds is 3. The number of nitrogens with one attached hydrogen (secondary N) is 1. The van der Waals surface area contributed by atoms with E-state index in [9.17, 15) is 0 Å². The molecular weight excluding hydrogens is 230 g/mol. The first-order chi connectivity index (χ1) is 6.34. The Kier molecular flexibility index (Phi) is 2.59. The molecule has 0 spiro atoms. The van der Waals surface area contributed by atoms with Crippen molar-refractivity contribution in [2.75, 3.05) is 5.43 Å². The van der Waals surface area contributed by atoms with E-state index in [2.05, 4.69) is 31.4 Å². The van der Waals surface area contributed by atoms with Crippen LogP contribution in [0.25, 0.3) is 0 Å². The number of nitrogens with zero attached hydrogens (tertiary/aromatic N) is 2. The molecule has 1 heterocycles. The molecule has 1 aliphatic carbocycles. The molecule has 13 heavy (non-hydrogen) atoms. The molecule has 68 valence electrons. The number of hydrogen-bond acceptors (Lipinski definition) is 3. The summed E-state index contributed by atoms with van der Waals surface area (Å²) >= 11 is 3.36. The molecule has 1 saturated carbocycles. The minimum Gasteiger partial charge on any atom is -0.262 e. The average Bonchev–Trinajstić information content (AvgIpc) is 2.88. The summed E-state index contributed by atoms with van der Waals surface area (Å²) in [4.78, 5) is 4.10. The summed E-state index contributed by atoms with van der Waals surface area (Å²) in [7, 11) is 0. The third-order valence-electron chi connectivity index (χ3n) is 1.81. The van der Waals surface area contributed by atoms with Gasteiger partial charge in [-0.3, -0.25) is 5.43 Å². The van der Waals surface area contributed by atoms with Gasteiger partial charge < -0.3 is 0 Å². The van der Waals surface area contributed by atoms with Crippen LogP contribution in [0.3, 0.4) is 0 Å². The van der Waals surface area contributed by atoms with Crippen LogP contribution in [0.5, 0.6) is 0 Å². The quantitative estimate of drug-likeness (QED) is 0.651. The van der Waals surface area contributed by atoms with Gasteiger partial charge in [0.2, 0.25) is 0 Å². The van der Waals surface area contributed by atoms with Crippen LogP contribution in [0.15, 0.2) is 27.9 Å². The highest BCUT2D eigenvalue weighted by Gasteiger charge is 2.18. The normalized spacial score (nSPS) is 16.4. The number of pyridine rings is 1. The summed E-state index contributed by atoms with van der Waals surface area (Å²) in [5, 5.41) is 4.09. The van der Waals surface area contributed by atoms with Crippen LogP contribution >= 0.6 is 15.9 Å². The molecule has 1 N–H and O–H groups in total. The smallest absolute Gasteiger partial charge is 0.147 e. The lowest BCUT2D eigenvalue weighted by atomic mass is 10.5. The van der Waals surface area contributed by atoms with Gasteiger partial charge in [-0.2, -0.15) is 5.10 Å². The first-order valence-corrected chi connectivity index (χ1v) is 5.04. The third kappa shape index (κ3) is 2.81. The van der Waals surface area contributed by atoms with Gasteiger partial charge in [0.05, 0.1) is 0 Å². The van der Waals surface area contributed by atoms with Gasteiger partial charge in [0.15, 0.2) is 0 Å². The van der Waals surface area contributed by atoms with Crippen LogP contribution in [0.1, 0.15) is 12.8 Å². The zero-order chi connectivity index (χ0) is 9.10. The van der Waals surface area contributed by atoms with Crippen LogP contribution in [-0.2, 0) is 0 Å². The second kappa shape index (κ2) is 3.87. The minimum atomic E-state index is 0.694. The van der Waals surface area contributed by atoms with Gasteiger partial charge >= 0.3 is 0 Å². The molecule has 0 bridgehead atoms. The first kappa shape index (κ1) is 8.69. The Balaban J connectivity index is 1.92. The van der Waals surface area contributed by atoms with E-state index in [-0.39, 0.29) is 0 Å². The van der Waals surface area contributed by atoms with Crippen LogP contribution in [0.2, 0.25) is 0 Å². The van der Waals surface area contributed by atoms with Gasteiger partial charge in [-0.05, 0) is 30.9 Å². The summed E-state index contributed by atoms with van der Waals surface area (Å²) in [5.41, 5.74) is 2.89. The summed E-state index contributed by atoms with van der Waals surface area (Å²) in [5.74, 6) is 1.46. The van der Waals surface area contributed by atoms with Crippen molar-refractivity contribution in [2.24, 2.45) is 11.0 Å². The van der Waals surface area contributed by atoms with Crippen molar-refractivity contribution >= 4 is 28.0 Å². The fraction of sp³-hybridized carbons (Fsp3) is 0.333. The second-order valence-corrected chi connectivity index (χ2v) is 4.00. The summed E-state index contributed by atoms with van der Waals surface area (Å²) in [6.45, 7) is 0. The van der Waals surface area contributed by atoms with Gasteiger partial charge in [-0.25, -0.2) is 4.98 Å². The van der Waals surface area contributed by atoms with E-state index in [1.165, 1.54) is 12.8 Å². The summed E-state index contributed by atoms with van der Waals surface area (Å²) in [6.07, 6.45) is 6.23. The highest BCUT2D eigenvalue weighted by molar-refractivity contribution is 9.10. The monoisotopic (exact) mass is 239 g/mol. The fourth-order valence-electron chi connectivity index (χ4n) is 0.920. The molecule has 1 aromatic heterocycles. The van der Waals surface area contributed by atoms with E-state index < -0.39 is 0 Å². The predicted molar refractivity (Wildman–Crippen MR) is 56.8 cm³/mol. The van der Waals surface area contributed by atoms with Gasteiger partial charge in [0.25, 0.3) is 0 Å². The minimum absolute atomic E-state index is 0.694. The van der Waals surface area contributed by atoms with Crippen LogP contribution in [0, 0.1) is 5.92 Å². The Hall–Kier alpha value is -0.900. The Morgan fingerprint density at radius 1 is 1.62 bits per heavy atom. The second-order valence-electron chi connectivity index (χ2n) is 3.09. The third-order valence-corrected chi connectivity index (χ3v) is 2.30. The van der Waals surface area contributed by atoms with E-state index in [4.69, 9.17) is 0 Å². The van der Waals surface area contributed by atoms with Crippen molar-refractivity contribution in [2.45, 2.75) is 12.8 Å². The van der Waals surface area contributed by atoms with Crippen LogP contribution in [0.4, 0.5) is 5.82 Å². The molecule has 0 amide bonds. The Morgan fingerprint density at radius 3 is 3.15 bits per heavy atom. The molecule has 0 unspecified atom stereocenters. The van der Waals surface area contributed by atoms with E-state index in [0.29, 0.717) is 5.92 Å². The van der Waals surface area contributed by atoms with Crippen LogP contribution < -0.4 is 5.43 Å². The maximum atomic E-state index is 4.10. The van der Waals surface area contributed by atoms with Gasteiger partial charge in [0, 0.05) is 16.9 Å². The van der Waals surface area contributed by atoms with E-state index >= 15 is 0 Å². The van der Waals surface area contributed by atoms with Crippen molar-refractivity contribution in [3.63, 3.8) is 0 Å². The average molecular weight is 240 g/mol. The topological polar surface area (TPSA) is 37.3 Å². The van der Waals surface area contributed by atoms with Crippen molar-refractivity contribution < 1.29 is 0 Å². The maximum Gasteiger partial charge on any atom is 0.147 e. The lowest BCUT2D eigenvalue weighted by Gasteiger charge is -1.97. The molecule has 4 heteroatoms. The molecule has 1 aromatic rings. The number of hydrogen-bond donors (Lipinski definition) is 1. The molecule has 1 aliphatic rings. The maximum absolute atomic E-state index is 4.10. The molecular formula is C9H10BrN3. The van der Waals surface area contributed by atoms with Gasteiger partial charge in [-0.1, -0.05) is 15.9 Å². The molecule has 0 aliphatic heterocycles. The van der Waals surface area contributed by atoms with E-state index in [0.717, 1.165) is 10.3 Å². The lowest BCUT2D eigenvalue weighted by Crippen LogP contribution is -1.92. The van der Waals surface area contributed by atoms with Crippen LogP contribution in [-0.4, -0.2) is 11.2 Å². The number of anilines is 1. The largest absolute Gasteiger partial charge is 0.262 e. The Labute approximate surface area is 85.4 Å². The molecule has 2 rings (SSSR count). The zero-order valence-electron chi connectivity index (χ0n) is 7.07. The standard InChI is InChI=1S/C9H10BrN3/c10-8-3-4-11-9(5-8)13-12-6-7-1-2-7/h3-7H,1-2H2,(H,11,13)/b12-6+. The Morgan fingerprint density at radius 2 is 2.46 bits per heavy atom. The SMILES string of the molecule is Brc1ccnc(N/N=C/C2CC2)c1. The summed E-state index contributed by atoms with van der Waals surface area (Å²) < 4.78 is 1.01. The number of aromatic nitrogens is 1. The van der Waals surface area contributed by atoms with E-state index in [1.807, 2.05) is 18.3 Å². The van der Waals surface area contributed by atoms with Crippen molar-refractivity contribution in [3.05, 3.63) is 22.8 Å². The molecule has 0 saturated heterocycles. The zero-order valence-corrected chi connectivity index (χ0v) is 8.66. The van der Waals surface area contributed by atoms with Crippen molar-refractivity contribution in [1.82, 2.24) is 4.98 Å². The van der Waals surface area contributed by atoms with Gasteiger partial charge in [-0.15, -0.1) is 0 Å². The summed E-state index contributed by atoms with van der Waals surface area (Å²) in [6, 6.07) is 3.78. The van der Waals surface area contributed by atoms with Crippen molar-refractivity contribution in [1.29, 1.82) is 0 Å². The number of halogens is 1. The molecule has 0 aromatic carbocycles. The molecule has 1 fully saturated rings. The predicted octanol–water partition coefficient (Wildman–Crippen LogP) is 2.65. The van der Waals surface area contributed by atoms with Gasteiger partial charge in [0.1, 0.15) is 5.82 Å². The Bertz CT molecular complexity index is 320. The number of hydrazone groups is 1.